The van der Waals surface area contributed by atoms with Crippen LogP contribution in [0.15, 0.2) is 28.5 Å². The minimum absolute atomic E-state index is 0.00157. The van der Waals surface area contributed by atoms with Crippen LogP contribution in [0.25, 0.3) is 10.1 Å². The highest BCUT2D eigenvalue weighted by molar-refractivity contribution is 7.17. The number of amides is 2. The summed E-state index contributed by atoms with van der Waals surface area (Å²) in [6.07, 6.45) is 3.41. The molecule has 2 aromatic rings. The zero-order valence-electron chi connectivity index (χ0n) is 12.9. The van der Waals surface area contributed by atoms with Crippen molar-refractivity contribution in [3.05, 3.63) is 34.1 Å². The first-order valence-electron chi connectivity index (χ1n) is 7.66. The summed E-state index contributed by atoms with van der Waals surface area (Å²) >= 11 is 1.39. The number of fused-ring (bicyclic) bond motifs is 1. The number of carbonyl (C=O) groups is 2. The number of carbonyl (C=O) groups excluding carboxylic acids is 2. The molecule has 0 aromatic carbocycles. The molecular formula is C16H19N3O3S. The van der Waals surface area contributed by atoms with Gasteiger partial charge in [-0.15, -0.1) is 11.3 Å². The second-order valence-electron chi connectivity index (χ2n) is 5.83. The maximum Gasteiger partial charge on any atom is 0.268 e. The quantitative estimate of drug-likeness (QED) is 0.917. The number of pyridine rings is 1. The molecule has 23 heavy (non-hydrogen) atoms. The predicted octanol–water partition coefficient (Wildman–Crippen LogP) is 1.19. The zero-order valence-corrected chi connectivity index (χ0v) is 13.8. The van der Waals surface area contributed by atoms with E-state index in [-0.39, 0.29) is 30.0 Å². The van der Waals surface area contributed by atoms with E-state index in [2.05, 4.69) is 5.32 Å². The lowest BCUT2D eigenvalue weighted by Crippen LogP contribution is -2.50. The number of nitrogens with zero attached hydrogens (tertiary/aromatic N) is 2. The van der Waals surface area contributed by atoms with Crippen molar-refractivity contribution in [3.8, 4) is 0 Å². The fourth-order valence-corrected chi connectivity index (χ4v) is 3.81. The zero-order chi connectivity index (χ0) is 16.4. The van der Waals surface area contributed by atoms with Crippen LogP contribution in [-0.4, -0.2) is 40.4 Å². The summed E-state index contributed by atoms with van der Waals surface area (Å²) in [5.74, 6) is -0.165. The van der Waals surface area contributed by atoms with Crippen LogP contribution < -0.4 is 10.9 Å². The minimum Gasteiger partial charge on any atom is -0.352 e. The third-order valence-electron chi connectivity index (χ3n) is 4.07. The monoisotopic (exact) mass is 333 g/mol. The predicted molar refractivity (Wildman–Crippen MR) is 89.5 cm³/mol. The molecule has 3 rings (SSSR count). The minimum atomic E-state index is -0.124. The summed E-state index contributed by atoms with van der Waals surface area (Å²) in [5.41, 5.74) is -0.124. The van der Waals surface area contributed by atoms with E-state index in [9.17, 15) is 14.4 Å². The summed E-state index contributed by atoms with van der Waals surface area (Å²) < 4.78 is 2.14. The second-order valence-corrected chi connectivity index (χ2v) is 6.75. The first-order valence-corrected chi connectivity index (χ1v) is 8.54. The molecule has 0 spiro atoms. The number of piperidine rings is 1. The number of hydrogen-bond acceptors (Lipinski definition) is 4. The highest BCUT2D eigenvalue weighted by atomic mass is 32.1. The van der Waals surface area contributed by atoms with E-state index < -0.39 is 0 Å². The van der Waals surface area contributed by atoms with E-state index in [0.717, 1.165) is 18.2 Å². The van der Waals surface area contributed by atoms with Gasteiger partial charge in [0.2, 0.25) is 11.8 Å². The Kier molecular flexibility index (Phi) is 4.47. The van der Waals surface area contributed by atoms with Crippen LogP contribution in [0.2, 0.25) is 0 Å². The highest BCUT2D eigenvalue weighted by Crippen LogP contribution is 2.16. The van der Waals surface area contributed by atoms with Crippen LogP contribution in [0, 0.1) is 0 Å². The molecule has 0 saturated carbocycles. The van der Waals surface area contributed by atoms with Crippen LogP contribution in [0.1, 0.15) is 19.8 Å². The van der Waals surface area contributed by atoms with Gasteiger partial charge in [0.05, 0.1) is 4.70 Å². The number of hydrogen-bond donors (Lipinski definition) is 1. The van der Waals surface area contributed by atoms with Crippen molar-refractivity contribution in [2.75, 3.05) is 13.1 Å². The molecule has 3 heterocycles. The van der Waals surface area contributed by atoms with Gasteiger partial charge in [-0.3, -0.25) is 14.4 Å². The fourth-order valence-electron chi connectivity index (χ4n) is 2.97. The Balaban J connectivity index is 1.71. The molecule has 2 aromatic heterocycles. The van der Waals surface area contributed by atoms with E-state index in [1.54, 1.807) is 11.1 Å². The third kappa shape index (κ3) is 3.44. The normalized spacial score (nSPS) is 18.1. The summed E-state index contributed by atoms with van der Waals surface area (Å²) in [6.45, 7) is 2.70. The molecular weight excluding hydrogens is 314 g/mol. The number of thiophene rings is 1. The fraction of sp³-hybridized carbons (Fsp3) is 0.438. The van der Waals surface area contributed by atoms with E-state index >= 15 is 0 Å². The van der Waals surface area contributed by atoms with Crippen molar-refractivity contribution >= 4 is 33.2 Å². The molecule has 1 saturated heterocycles. The number of rotatable bonds is 3. The first kappa shape index (κ1) is 15.7. The Bertz CT molecular complexity index is 795. The third-order valence-corrected chi connectivity index (χ3v) is 4.99. The maximum atomic E-state index is 12.5. The van der Waals surface area contributed by atoms with Gasteiger partial charge in [0.15, 0.2) is 0 Å². The van der Waals surface area contributed by atoms with Crippen molar-refractivity contribution in [3.63, 3.8) is 0 Å². The molecule has 2 amide bonds. The van der Waals surface area contributed by atoms with Crippen LogP contribution in [0.4, 0.5) is 0 Å². The molecule has 0 aliphatic carbocycles. The average Bonchev–Trinajstić information content (AvgIpc) is 2.99. The maximum absolute atomic E-state index is 12.5. The molecule has 6 nitrogen and oxygen atoms in total. The van der Waals surface area contributed by atoms with Crippen molar-refractivity contribution in [1.29, 1.82) is 0 Å². The molecule has 1 aliphatic heterocycles. The van der Waals surface area contributed by atoms with Crippen molar-refractivity contribution < 1.29 is 9.59 Å². The lowest BCUT2D eigenvalue weighted by atomic mass is 10.1. The lowest BCUT2D eigenvalue weighted by Gasteiger charge is -2.33. The number of nitrogens with one attached hydrogen (secondary N) is 1. The molecule has 0 radical (unpaired) electrons. The van der Waals surface area contributed by atoms with Gasteiger partial charge in [-0.2, -0.15) is 0 Å². The van der Waals surface area contributed by atoms with E-state index in [4.69, 9.17) is 0 Å². The topological polar surface area (TPSA) is 71.4 Å². The van der Waals surface area contributed by atoms with Crippen molar-refractivity contribution in [2.24, 2.45) is 0 Å². The molecule has 1 N–H and O–H groups in total. The Morgan fingerprint density at radius 3 is 3.00 bits per heavy atom. The molecule has 1 unspecified atom stereocenters. The summed E-state index contributed by atoms with van der Waals surface area (Å²) in [6, 6.07) is 3.76. The molecule has 0 bridgehead atoms. The largest absolute Gasteiger partial charge is 0.352 e. The SMILES string of the molecule is CC(=O)NC1CCCN(C(=O)Cn2ccc3ccsc3c2=O)C1. The van der Waals surface area contributed by atoms with Gasteiger partial charge in [0.25, 0.3) is 5.56 Å². The van der Waals surface area contributed by atoms with E-state index in [0.29, 0.717) is 17.8 Å². The number of likely N-dealkylation sites (tertiary alicyclic amines) is 1. The molecule has 1 atom stereocenters. The van der Waals surface area contributed by atoms with Crippen molar-refractivity contribution in [1.82, 2.24) is 14.8 Å². The average molecular weight is 333 g/mol. The van der Waals surface area contributed by atoms with Gasteiger partial charge in [0.1, 0.15) is 6.54 Å². The molecule has 1 fully saturated rings. The summed E-state index contributed by atoms with van der Waals surface area (Å²) in [7, 11) is 0. The van der Waals surface area contributed by atoms with Gasteiger partial charge >= 0.3 is 0 Å². The Morgan fingerprint density at radius 1 is 1.39 bits per heavy atom. The van der Waals surface area contributed by atoms with Gasteiger partial charge in [-0.25, -0.2) is 0 Å². The highest BCUT2D eigenvalue weighted by Gasteiger charge is 2.24. The Labute approximate surface area is 137 Å². The van der Waals surface area contributed by atoms with Gasteiger partial charge in [0, 0.05) is 32.3 Å². The summed E-state index contributed by atoms with van der Waals surface area (Å²) in [4.78, 5) is 37.7. The Hall–Kier alpha value is -2.15. The molecule has 122 valence electrons. The van der Waals surface area contributed by atoms with Crippen molar-refractivity contribution in [2.45, 2.75) is 32.4 Å². The van der Waals surface area contributed by atoms with E-state index in [1.807, 2.05) is 17.5 Å². The van der Waals surface area contributed by atoms with Crippen LogP contribution in [0.5, 0.6) is 0 Å². The van der Waals surface area contributed by atoms with E-state index in [1.165, 1.54) is 22.8 Å². The lowest BCUT2D eigenvalue weighted by molar-refractivity contribution is -0.134. The second kappa shape index (κ2) is 6.54. The summed E-state index contributed by atoms with van der Waals surface area (Å²) in [5, 5.41) is 5.65. The van der Waals surface area contributed by atoms with Crippen LogP contribution in [-0.2, 0) is 16.1 Å². The van der Waals surface area contributed by atoms with Gasteiger partial charge in [-0.1, -0.05) is 0 Å². The first-order chi connectivity index (χ1) is 11.0. The standard InChI is InChI=1S/C16H19N3O3S/c1-11(20)17-13-3-2-6-18(9-13)14(21)10-19-7-4-12-5-8-23-15(12)16(19)22/h4-5,7-8,13H,2-3,6,9-10H2,1H3,(H,17,20). The molecule has 1 aliphatic rings. The Morgan fingerprint density at radius 2 is 2.22 bits per heavy atom. The molecule has 7 heteroatoms. The van der Waals surface area contributed by atoms with Crippen LogP contribution >= 0.6 is 11.3 Å². The van der Waals surface area contributed by atoms with Crippen LogP contribution in [0.3, 0.4) is 0 Å². The van der Waals surface area contributed by atoms with Gasteiger partial charge < -0.3 is 14.8 Å². The number of aromatic nitrogens is 1. The smallest absolute Gasteiger partial charge is 0.268 e. The van der Waals surface area contributed by atoms with Gasteiger partial charge in [-0.05, 0) is 35.7 Å².